The Balaban J connectivity index is 1.74. The van der Waals surface area contributed by atoms with E-state index in [1.807, 2.05) is 24.3 Å². The average molecular weight is 306 g/mol. The van der Waals surface area contributed by atoms with E-state index in [0.717, 1.165) is 17.5 Å². The van der Waals surface area contributed by atoms with Crippen LogP contribution in [0.2, 0.25) is 0 Å². The molecule has 1 aliphatic rings. The first-order valence-electron chi connectivity index (χ1n) is 7.41. The summed E-state index contributed by atoms with van der Waals surface area (Å²) in [6.07, 6.45) is 1.18. The number of rotatable bonds is 8. The van der Waals surface area contributed by atoms with Gasteiger partial charge in [0.2, 0.25) is 6.41 Å². The van der Waals surface area contributed by atoms with Gasteiger partial charge >= 0.3 is 6.09 Å². The minimum Gasteiger partial charge on any atom is -0.449 e. The monoisotopic (exact) mass is 306 g/mol. The lowest BCUT2D eigenvalue weighted by molar-refractivity contribution is -0.138. The Morgan fingerprint density at radius 1 is 1.36 bits per heavy atom. The van der Waals surface area contributed by atoms with Crippen molar-refractivity contribution in [1.82, 2.24) is 10.6 Å². The van der Waals surface area contributed by atoms with Crippen LogP contribution in [0.25, 0.3) is 0 Å². The second kappa shape index (κ2) is 7.79. The maximum absolute atomic E-state index is 11.7. The Kier molecular flexibility index (Phi) is 5.77. The molecular formula is C16H22N2O4. The lowest BCUT2D eigenvalue weighted by Gasteiger charge is -2.39. The molecule has 6 nitrogen and oxygen atoms in total. The Hall–Kier alpha value is -2.08. The van der Waals surface area contributed by atoms with Crippen LogP contribution >= 0.6 is 0 Å². The number of benzene rings is 1. The largest absolute Gasteiger partial charge is 0.449 e. The van der Waals surface area contributed by atoms with E-state index in [9.17, 15) is 9.59 Å². The number of alkyl carbamates (subject to hydrolysis) is 1. The summed E-state index contributed by atoms with van der Waals surface area (Å²) in [7, 11) is 0. The summed E-state index contributed by atoms with van der Waals surface area (Å²) in [4.78, 5) is 22.0. The van der Waals surface area contributed by atoms with Crippen molar-refractivity contribution in [2.24, 2.45) is 5.41 Å². The molecule has 0 aromatic heterocycles. The summed E-state index contributed by atoms with van der Waals surface area (Å²) in [5.74, 6) is 0. The molecule has 0 unspecified atom stereocenters. The van der Waals surface area contributed by atoms with Crippen molar-refractivity contribution in [3.63, 3.8) is 0 Å². The zero-order valence-corrected chi connectivity index (χ0v) is 12.8. The van der Waals surface area contributed by atoms with Crippen molar-refractivity contribution >= 4 is 12.5 Å². The minimum atomic E-state index is -0.420. The first-order chi connectivity index (χ1) is 10.7. The highest BCUT2D eigenvalue weighted by atomic mass is 16.6. The van der Waals surface area contributed by atoms with Gasteiger partial charge in [-0.05, 0) is 17.5 Å². The van der Waals surface area contributed by atoms with Crippen LogP contribution in [0.4, 0.5) is 4.79 Å². The second-order valence-electron chi connectivity index (χ2n) is 5.59. The number of hydrogen-bond acceptors (Lipinski definition) is 4. The predicted molar refractivity (Wildman–Crippen MR) is 81.1 cm³/mol. The molecule has 1 fully saturated rings. The van der Waals surface area contributed by atoms with Crippen molar-refractivity contribution < 1.29 is 19.1 Å². The Morgan fingerprint density at radius 2 is 2.09 bits per heavy atom. The van der Waals surface area contributed by atoms with Crippen molar-refractivity contribution in [2.75, 3.05) is 19.8 Å². The number of nitrogens with one attached hydrogen (secondary N) is 2. The SMILES string of the molecule is CCC1(COC(=O)NCc2cccc(CNC=O)c2)COC1. The summed E-state index contributed by atoms with van der Waals surface area (Å²) >= 11 is 0. The highest BCUT2D eigenvalue weighted by molar-refractivity contribution is 5.67. The van der Waals surface area contributed by atoms with Gasteiger partial charge in [-0.15, -0.1) is 0 Å². The summed E-state index contributed by atoms with van der Waals surface area (Å²) in [6, 6.07) is 7.66. The van der Waals surface area contributed by atoms with E-state index in [1.165, 1.54) is 0 Å². The van der Waals surface area contributed by atoms with Gasteiger partial charge in [0, 0.05) is 13.1 Å². The number of hydrogen-bond donors (Lipinski definition) is 2. The van der Waals surface area contributed by atoms with Gasteiger partial charge in [0.05, 0.1) is 18.6 Å². The normalized spacial score (nSPS) is 15.5. The average Bonchev–Trinajstić information content (AvgIpc) is 2.51. The molecule has 0 radical (unpaired) electrons. The van der Waals surface area contributed by atoms with E-state index in [4.69, 9.17) is 9.47 Å². The molecule has 0 saturated carbocycles. The van der Waals surface area contributed by atoms with E-state index in [-0.39, 0.29) is 5.41 Å². The van der Waals surface area contributed by atoms with E-state index in [0.29, 0.717) is 39.3 Å². The smallest absolute Gasteiger partial charge is 0.407 e. The fraction of sp³-hybridized carbons (Fsp3) is 0.500. The lowest BCUT2D eigenvalue weighted by atomic mass is 9.84. The van der Waals surface area contributed by atoms with Crippen molar-refractivity contribution in [2.45, 2.75) is 26.4 Å². The third-order valence-corrected chi connectivity index (χ3v) is 3.89. The molecule has 2 N–H and O–H groups in total. The van der Waals surface area contributed by atoms with Gasteiger partial charge in [-0.25, -0.2) is 4.79 Å². The molecule has 1 aliphatic heterocycles. The predicted octanol–water partition coefficient (Wildman–Crippen LogP) is 1.59. The van der Waals surface area contributed by atoms with Crippen LogP contribution in [-0.2, 0) is 27.4 Å². The molecule has 1 saturated heterocycles. The summed E-state index contributed by atoms with van der Waals surface area (Å²) in [5.41, 5.74) is 1.94. The maximum atomic E-state index is 11.7. The molecule has 120 valence electrons. The van der Waals surface area contributed by atoms with Gasteiger partial charge in [-0.1, -0.05) is 31.2 Å². The van der Waals surface area contributed by atoms with Crippen LogP contribution in [0.15, 0.2) is 24.3 Å². The quantitative estimate of drug-likeness (QED) is 0.715. The topological polar surface area (TPSA) is 76.7 Å². The molecule has 1 heterocycles. The van der Waals surface area contributed by atoms with Crippen LogP contribution in [-0.4, -0.2) is 32.3 Å². The van der Waals surface area contributed by atoms with Crippen molar-refractivity contribution in [3.8, 4) is 0 Å². The van der Waals surface area contributed by atoms with Crippen LogP contribution in [0.5, 0.6) is 0 Å². The molecule has 1 aromatic carbocycles. The molecule has 2 rings (SSSR count). The molecule has 0 spiro atoms. The highest BCUT2D eigenvalue weighted by Gasteiger charge is 2.38. The van der Waals surface area contributed by atoms with Gasteiger partial charge in [0.15, 0.2) is 0 Å². The maximum Gasteiger partial charge on any atom is 0.407 e. The first kappa shape index (κ1) is 16.3. The lowest BCUT2D eigenvalue weighted by Crippen LogP contribution is -2.46. The summed E-state index contributed by atoms with van der Waals surface area (Å²) in [5, 5.41) is 5.34. The van der Waals surface area contributed by atoms with E-state index in [2.05, 4.69) is 17.6 Å². The standard InChI is InChI=1S/C16H22N2O4/c1-2-16(9-21-10-16)11-22-15(20)18-8-14-5-3-4-13(6-14)7-17-12-19/h3-6,12H,2,7-11H2,1H3,(H,17,19)(H,18,20). The summed E-state index contributed by atoms with van der Waals surface area (Å²) in [6.45, 7) is 4.64. The molecule has 1 aromatic rings. The van der Waals surface area contributed by atoms with Gasteiger partial charge in [-0.3, -0.25) is 4.79 Å². The minimum absolute atomic E-state index is 0.00223. The van der Waals surface area contributed by atoms with Gasteiger partial charge in [0.25, 0.3) is 0 Å². The van der Waals surface area contributed by atoms with Crippen LogP contribution in [0.3, 0.4) is 0 Å². The van der Waals surface area contributed by atoms with Gasteiger partial charge in [0.1, 0.15) is 6.61 Å². The van der Waals surface area contributed by atoms with E-state index in [1.54, 1.807) is 0 Å². The van der Waals surface area contributed by atoms with E-state index >= 15 is 0 Å². The van der Waals surface area contributed by atoms with Crippen LogP contribution in [0.1, 0.15) is 24.5 Å². The molecule has 6 heteroatoms. The number of carbonyl (C=O) groups is 2. The zero-order chi connectivity index (χ0) is 15.8. The zero-order valence-electron chi connectivity index (χ0n) is 12.8. The van der Waals surface area contributed by atoms with Crippen molar-refractivity contribution in [3.05, 3.63) is 35.4 Å². The van der Waals surface area contributed by atoms with Gasteiger partial charge < -0.3 is 20.1 Å². The Bertz CT molecular complexity index is 509. The molecule has 0 bridgehead atoms. The van der Waals surface area contributed by atoms with Gasteiger partial charge in [-0.2, -0.15) is 0 Å². The summed E-state index contributed by atoms with van der Waals surface area (Å²) < 4.78 is 10.5. The Morgan fingerprint density at radius 3 is 2.68 bits per heavy atom. The van der Waals surface area contributed by atoms with E-state index < -0.39 is 6.09 Å². The van der Waals surface area contributed by atoms with Crippen LogP contribution < -0.4 is 10.6 Å². The third-order valence-electron chi connectivity index (χ3n) is 3.89. The molecule has 22 heavy (non-hydrogen) atoms. The Labute approximate surface area is 130 Å². The highest BCUT2D eigenvalue weighted by Crippen LogP contribution is 2.31. The second-order valence-corrected chi connectivity index (χ2v) is 5.59. The fourth-order valence-corrected chi connectivity index (χ4v) is 2.23. The number of ether oxygens (including phenoxy) is 2. The first-order valence-corrected chi connectivity index (χ1v) is 7.41. The molecule has 2 amide bonds. The molecule has 0 aliphatic carbocycles. The number of amides is 2. The van der Waals surface area contributed by atoms with Crippen LogP contribution in [0, 0.1) is 5.41 Å². The third kappa shape index (κ3) is 4.46. The molecular weight excluding hydrogens is 284 g/mol. The molecule has 0 atom stereocenters. The van der Waals surface area contributed by atoms with Crippen molar-refractivity contribution in [1.29, 1.82) is 0 Å². The number of carbonyl (C=O) groups excluding carboxylic acids is 2. The fourth-order valence-electron chi connectivity index (χ4n) is 2.23.